The molecule has 0 aromatic heterocycles. The van der Waals surface area contributed by atoms with Crippen LogP contribution in [0.5, 0.6) is 5.75 Å². The zero-order valence-corrected chi connectivity index (χ0v) is 14.2. The van der Waals surface area contributed by atoms with Crippen molar-refractivity contribution in [2.24, 2.45) is 5.73 Å². The van der Waals surface area contributed by atoms with Crippen LogP contribution in [0.4, 0.5) is 0 Å². The lowest BCUT2D eigenvalue weighted by molar-refractivity contribution is -0.127. The van der Waals surface area contributed by atoms with Crippen molar-refractivity contribution < 1.29 is 14.3 Å². The summed E-state index contributed by atoms with van der Waals surface area (Å²) in [5, 5.41) is 0. The Morgan fingerprint density at radius 3 is 2.56 bits per heavy atom. The molecule has 2 rings (SSSR count). The summed E-state index contributed by atoms with van der Waals surface area (Å²) < 4.78 is 5.17. The third-order valence-corrected chi connectivity index (χ3v) is 3.67. The highest BCUT2D eigenvalue weighted by Crippen LogP contribution is 2.14. The Kier molecular flexibility index (Phi) is 6.77. The maximum Gasteiger partial charge on any atom is 0.246 e. The number of hydrogen-bond donors (Lipinski definition) is 1. The van der Waals surface area contributed by atoms with Gasteiger partial charge in [-0.25, -0.2) is 0 Å². The highest BCUT2D eigenvalue weighted by molar-refractivity contribution is 5.92. The van der Waals surface area contributed by atoms with Crippen LogP contribution in [0.3, 0.4) is 0 Å². The van der Waals surface area contributed by atoms with E-state index >= 15 is 0 Å². The molecule has 0 aliphatic heterocycles. The summed E-state index contributed by atoms with van der Waals surface area (Å²) in [5.74, 6) is 0.125. The number of methoxy groups -OCH3 is 1. The fourth-order valence-corrected chi connectivity index (χ4v) is 2.33. The van der Waals surface area contributed by atoms with Crippen molar-refractivity contribution in [3.05, 3.63) is 71.8 Å². The van der Waals surface area contributed by atoms with Gasteiger partial charge in [-0.3, -0.25) is 9.59 Å². The van der Waals surface area contributed by atoms with E-state index in [0.717, 1.165) is 16.9 Å². The number of carbonyl (C=O) groups is 2. The van der Waals surface area contributed by atoms with Crippen LogP contribution < -0.4 is 10.5 Å². The second-order valence-corrected chi connectivity index (χ2v) is 5.57. The molecular formula is C20H22N2O3. The zero-order valence-electron chi connectivity index (χ0n) is 14.2. The third kappa shape index (κ3) is 6.14. The largest absolute Gasteiger partial charge is 0.497 e. The Hall–Kier alpha value is -3.08. The van der Waals surface area contributed by atoms with E-state index < -0.39 is 5.91 Å². The van der Waals surface area contributed by atoms with E-state index in [-0.39, 0.29) is 18.9 Å². The van der Waals surface area contributed by atoms with E-state index in [4.69, 9.17) is 10.5 Å². The predicted molar refractivity (Wildman–Crippen MR) is 97.7 cm³/mol. The normalized spacial score (nSPS) is 10.6. The maximum absolute atomic E-state index is 12.5. The van der Waals surface area contributed by atoms with E-state index in [1.807, 2.05) is 54.6 Å². The topological polar surface area (TPSA) is 72.6 Å². The molecular weight excluding hydrogens is 316 g/mol. The van der Waals surface area contributed by atoms with Crippen molar-refractivity contribution in [1.82, 2.24) is 4.90 Å². The SMILES string of the molecule is COc1cccc(/C=C/C(=O)N(CCC(N)=O)Cc2ccccc2)c1. The van der Waals surface area contributed by atoms with Crippen LogP contribution in [0.2, 0.25) is 0 Å². The first-order valence-electron chi connectivity index (χ1n) is 8.02. The summed E-state index contributed by atoms with van der Waals surface area (Å²) in [6, 6.07) is 17.1. The molecule has 0 saturated heterocycles. The summed E-state index contributed by atoms with van der Waals surface area (Å²) in [4.78, 5) is 25.2. The van der Waals surface area contributed by atoms with Gasteiger partial charge in [-0.05, 0) is 29.3 Å². The quantitative estimate of drug-likeness (QED) is 0.752. The fraction of sp³-hybridized carbons (Fsp3) is 0.200. The van der Waals surface area contributed by atoms with E-state index in [1.54, 1.807) is 18.1 Å². The molecule has 25 heavy (non-hydrogen) atoms. The van der Waals surface area contributed by atoms with Crippen LogP contribution in [0.15, 0.2) is 60.7 Å². The summed E-state index contributed by atoms with van der Waals surface area (Å²) in [6.45, 7) is 0.709. The predicted octanol–water partition coefficient (Wildman–Crippen LogP) is 2.61. The second kappa shape index (κ2) is 9.27. The van der Waals surface area contributed by atoms with Crippen LogP contribution >= 0.6 is 0 Å². The Bertz CT molecular complexity index is 742. The molecule has 0 unspecified atom stereocenters. The van der Waals surface area contributed by atoms with Crippen molar-refractivity contribution in [3.63, 3.8) is 0 Å². The third-order valence-electron chi connectivity index (χ3n) is 3.67. The zero-order chi connectivity index (χ0) is 18.1. The average Bonchev–Trinajstić information content (AvgIpc) is 2.64. The number of amides is 2. The molecule has 0 spiro atoms. The van der Waals surface area contributed by atoms with Gasteiger partial charge >= 0.3 is 0 Å². The van der Waals surface area contributed by atoms with Crippen LogP contribution in [0, 0.1) is 0 Å². The van der Waals surface area contributed by atoms with Gasteiger partial charge in [-0.15, -0.1) is 0 Å². The number of nitrogens with two attached hydrogens (primary N) is 1. The van der Waals surface area contributed by atoms with E-state index in [0.29, 0.717) is 6.54 Å². The minimum atomic E-state index is -0.428. The minimum Gasteiger partial charge on any atom is -0.497 e. The van der Waals surface area contributed by atoms with Gasteiger partial charge in [0.15, 0.2) is 0 Å². The van der Waals surface area contributed by atoms with Gasteiger partial charge in [0.2, 0.25) is 11.8 Å². The first-order valence-corrected chi connectivity index (χ1v) is 8.02. The van der Waals surface area contributed by atoms with Crippen molar-refractivity contribution >= 4 is 17.9 Å². The molecule has 5 nitrogen and oxygen atoms in total. The molecule has 0 aliphatic rings. The molecule has 0 bridgehead atoms. The number of primary amides is 1. The second-order valence-electron chi connectivity index (χ2n) is 5.57. The molecule has 0 radical (unpaired) electrons. The maximum atomic E-state index is 12.5. The lowest BCUT2D eigenvalue weighted by Gasteiger charge is -2.20. The van der Waals surface area contributed by atoms with Gasteiger partial charge in [-0.1, -0.05) is 42.5 Å². The number of ether oxygens (including phenoxy) is 1. The Balaban J connectivity index is 2.10. The highest BCUT2D eigenvalue weighted by Gasteiger charge is 2.12. The number of benzene rings is 2. The number of hydrogen-bond acceptors (Lipinski definition) is 3. The molecule has 130 valence electrons. The summed E-state index contributed by atoms with van der Waals surface area (Å²) in [5.41, 5.74) is 7.08. The number of rotatable bonds is 8. The molecule has 2 aromatic rings. The fourth-order valence-electron chi connectivity index (χ4n) is 2.33. The molecule has 2 N–H and O–H groups in total. The van der Waals surface area contributed by atoms with Gasteiger partial charge in [0.05, 0.1) is 7.11 Å². The Morgan fingerprint density at radius 2 is 1.88 bits per heavy atom. The van der Waals surface area contributed by atoms with Crippen molar-refractivity contribution in [1.29, 1.82) is 0 Å². The van der Waals surface area contributed by atoms with E-state index in [2.05, 4.69) is 0 Å². The van der Waals surface area contributed by atoms with Gasteiger partial charge < -0.3 is 15.4 Å². The van der Waals surface area contributed by atoms with Crippen molar-refractivity contribution in [3.8, 4) is 5.75 Å². The average molecular weight is 338 g/mol. The van der Waals surface area contributed by atoms with Crippen LogP contribution in [-0.4, -0.2) is 30.4 Å². The Morgan fingerprint density at radius 1 is 1.12 bits per heavy atom. The molecule has 0 aliphatic carbocycles. The van der Waals surface area contributed by atoms with Crippen molar-refractivity contribution in [2.75, 3.05) is 13.7 Å². The lowest BCUT2D eigenvalue weighted by atomic mass is 10.2. The van der Waals surface area contributed by atoms with Crippen LogP contribution in [-0.2, 0) is 16.1 Å². The molecule has 0 fully saturated rings. The standard InChI is InChI=1S/C20H22N2O3/c1-25-18-9-5-8-16(14-18)10-11-20(24)22(13-12-19(21)23)15-17-6-3-2-4-7-17/h2-11,14H,12-13,15H2,1H3,(H2,21,23)/b11-10+. The van der Waals surface area contributed by atoms with Crippen LogP contribution in [0.1, 0.15) is 17.5 Å². The lowest BCUT2D eigenvalue weighted by Crippen LogP contribution is -2.32. The molecule has 0 saturated carbocycles. The molecule has 2 aromatic carbocycles. The van der Waals surface area contributed by atoms with Gasteiger partial charge in [0, 0.05) is 25.6 Å². The van der Waals surface area contributed by atoms with Gasteiger partial charge in [0.1, 0.15) is 5.75 Å². The van der Waals surface area contributed by atoms with Crippen LogP contribution in [0.25, 0.3) is 6.08 Å². The summed E-state index contributed by atoms with van der Waals surface area (Å²) >= 11 is 0. The van der Waals surface area contributed by atoms with E-state index in [1.165, 1.54) is 6.08 Å². The number of carbonyl (C=O) groups excluding carboxylic acids is 2. The summed E-state index contributed by atoms with van der Waals surface area (Å²) in [6.07, 6.45) is 3.36. The van der Waals surface area contributed by atoms with Crippen molar-refractivity contribution in [2.45, 2.75) is 13.0 Å². The molecule has 2 amide bonds. The smallest absolute Gasteiger partial charge is 0.246 e. The molecule has 5 heteroatoms. The van der Waals surface area contributed by atoms with E-state index in [9.17, 15) is 9.59 Å². The minimum absolute atomic E-state index is 0.131. The van der Waals surface area contributed by atoms with Gasteiger partial charge in [0.25, 0.3) is 0 Å². The Labute approximate surface area is 147 Å². The molecule has 0 atom stereocenters. The summed E-state index contributed by atoms with van der Waals surface area (Å²) in [7, 11) is 1.60. The monoisotopic (exact) mass is 338 g/mol. The molecule has 0 heterocycles. The highest BCUT2D eigenvalue weighted by atomic mass is 16.5. The first-order chi connectivity index (χ1) is 12.1. The number of nitrogens with zero attached hydrogens (tertiary/aromatic N) is 1. The first kappa shape index (κ1) is 18.3. The van der Waals surface area contributed by atoms with Gasteiger partial charge in [-0.2, -0.15) is 0 Å².